The van der Waals surface area contributed by atoms with Crippen LogP contribution in [0, 0.1) is 0 Å². The maximum atomic E-state index is 5.75. The van der Waals surface area contributed by atoms with Crippen LogP contribution in [0.5, 0.6) is 0 Å². The van der Waals surface area contributed by atoms with E-state index in [0.717, 1.165) is 13.1 Å². The molecule has 0 saturated heterocycles. The van der Waals surface area contributed by atoms with Crippen LogP contribution in [0.25, 0.3) is 0 Å². The first-order valence-corrected chi connectivity index (χ1v) is 7.28. The molecule has 0 aliphatic carbocycles. The normalized spacial score (nSPS) is 12.9. The zero-order chi connectivity index (χ0) is 12.1. The standard InChI is InChI=1S/C14H32N2/c1-3-5-7-8-9-10-11-14(13-15)16-12-6-4-2/h14,16H,3-13,15H2,1-2H3. The summed E-state index contributed by atoms with van der Waals surface area (Å²) in [5.41, 5.74) is 5.75. The van der Waals surface area contributed by atoms with Gasteiger partial charge in [-0.2, -0.15) is 0 Å². The maximum absolute atomic E-state index is 5.75. The predicted octanol–water partition coefficient (Wildman–Crippen LogP) is 3.45. The molecule has 0 aromatic carbocycles. The zero-order valence-corrected chi connectivity index (χ0v) is 11.4. The molecule has 0 spiro atoms. The van der Waals surface area contributed by atoms with E-state index in [0.29, 0.717) is 6.04 Å². The van der Waals surface area contributed by atoms with Gasteiger partial charge in [-0.3, -0.25) is 0 Å². The Morgan fingerprint density at radius 2 is 1.50 bits per heavy atom. The summed E-state index contributed by atoms with van der Waals surface area (Å²) in [6.45, 7) is 6.42. The average molecular weight is 228 g/mol. The highest BCUT2D eigenvalue weighted by Crippen LogP contribution is 2.08. The molecule has 2 heteroatoms. The van der Waals surface area contributed by atoms with Gasteiger partial charge in [-0.1, -0.05) is 58.8 Å². The monoisotopic (exact) mass is 228 g/mol. The lowest BCUT2D eigenvalue weighted by Crippen LogP contribution is -2.36. The van der Waals surface area contributed by atoms with Crippen molar-refractivity contribution >= 4 is 0 Å². The van der Waals surface area contributed by atoms with Crippen LogP contribution in [0.4, 0.5) is 0 Å². The Morgan fingerprint density at radius 1 is 0.875 bits per heavy atom. The molecule has 0 heterocycles. The minimum Gasteiger partial charge on any atom is -0.329 e. The van der Waals surface area contributed by atoms with Crippen molar-refractivity contribution in [2.75, 3.05) is 13.1 Å². The fourth-order valence-corrected chi connectivity index (χ4v) is 1.96. The Labute approximate surface area is 102 Å². The molecule has 0 rings (SSSR count). The van der Waals surface area contributed by atoms with Crippen LogP contribution < -0.4 is 11.1 Å². The summed E-state index contributed by atoms with van der Waals surface area (Å²) in [4.78, 5) is 0. The van der Waals surface area contributed by atoms with Crippen molar-refractivity contribution in [1.82, 2.24) is 5.32 Å². The van der Waals surface area contributed by atoms with Crippen LogP contribution in [0.1, 0.15) is 71.6 Å². The zero-order valence-electron chi connectivity index (χ0n) is 11.4. The van der Waals surface area contributed by atoms with Crippen LogP contribution >= 0.6 is 0 Å². The number of hydrogen-bond donors (Lipinski definition) is 2. The molecular weight excluding hydrogens is 196 g/mol. The Balaban J connectivity index is 3.26. The fourth-order valence-electron chi connectivity index (χ4n) is 1.96. The number of nitrogens with one attached hydrogen (secondary N) is 1. The van der Waals surface area contributed by atoms with Crippen LogP contribution in [0.2, 0.25) is 0 Å². The minimum absolute atomic E-state index is 0.553. The van der Waals surface area contributed by atoms with Crippen molar-refractivity contribution in [3.8, 4) is 0 Å². The lowest BCUT2D eigenvalue weighted by molar-refractivity contribution is 0.454. The summed E-state index contributed by atoms with van der Waals surface area (Å²) < 4.78 is 0. The highest BCUT2D eigenvalue weighted by atomic mass is 14.9. The summed E-state index contributed by atoms with van der Waals surface area (Å²) in [5.74, 6) is 0. The van der Waals surface area contributed by atoms with Gasteiger partial charge in [0, 0.05) is 12.6 Å². The molecule has 0 aromatic heterocycles. The molecule has 0 saturated carbocycles. The van der Waals surface area contributed by atoms with Gasteiger partial charge < -0.3 is 11.1 Å². The van der Waals surface area contributed by atoms with Crippen molar-refractivity contribution in [2.24, 2.45) is 5.73 Å². The van der Waals surface area contributed by atoms with Crippen molar-refractivity contribution in [3.63, 3.8) is 0 Å². The molecule has 1 unspecified atom stereocenters. The SMILES string of the molecule is CCCCCCCCC(CN)NCCCC. The van der Waals surface area contributed by atoms with Gasteiger partial charge in [0.05, 0.1) is 0 Å². The molecule has 0 amide bonds. The summed E-state index contributed by atoms with van der Waals surface area (Å²) in [7, 11) is 0. The molecule has 0 aliphatic heterocycles. The molecule has 2 nitrogen and oxygen atoms in total. The minimum atomic E-state index is 0.553. The second-order valence-corrected chi connectivity index (χ2v) is 4.80. The highest BCUT2D eigenvalue weighted by molar-refractivity contribution is 4.67. The fraction of sp³-hybridized carbons (Fsp3) is 1.00. The summed E-state index contributed by atoms with van der Waals surface area (Å²) in [6, 6.07) is 0.553. The van der Waals surface area contributed by atoms with Crippen molar-refractivity contribution in [2.45, 2.75) is 77.7 Å². The first-order valence-electron chi connectivity index (χ1n) is 7.28. The summed E-state index contributed by atoms with van der Waals surface area (Å²) in [6.07, 6.45) is 12.1. The number of nitrogens with two attached hydrogens (primary N) is 1. The Hall–Kier alpha value is -0.0800. The molecule has 0 radical (unpaired) electrons. The number of hydrogen-bond acceptors (Lipinski definition) is 2. The third-order valence-corrected chi connectivity index (χ3v) is 3.15. The van der Waals surface area contributed by atoms with E-state index < -0.39 is 0 Å². The highest BCUT2D eigenvalue weighted by Gasteiger charge is 2.04. The van der Waals surface area contributed by atoms with Crippen LogP contribution in [-0.4, -0.2) is 19.1 Å². The van der Waals surface area contributed by atoms with Gasteiger partial charge in [-0.15, -0.1) is 0 Å². The van der Waals surface area contributed by atoms with Gasteiger partial charge >= 0.3 is 0 Å². The summed E-state index contributed by atoms with van der Waals surface area (Å²) in [5, 5.41) is 3.55. The molecular formula is C14H32N2. The topological polar surface area (TPSA) is 38.0 Å². The largest absolute Gasteiger partial charge is 0.329 e. The van der Waals surface area contributed by atoms with Crippen LogP contribution in [-0.2, 0) is 0 Å². The van der Waals surface area contributed by atoms with Gasteiger partial charge in [0.25, 0.3) is 0 Å². The van der Waals surface area contributed by atoms with E-state index in [1.165, 1.54) is 57.8 Å². The van der Waals surface area contributed by atoms with Gasteiger partial charge in [-0.05, 0) is 19.4 Å². The van der Waals surface area contributed by atoms with E-state index in [4.69, 9.17) is 5.73 Å². The third-order valence-electron chi connectivity index (χ3n) is 3.15. The van der Waals surface area contributed by atoms with E-state index in [1.54, 1.807) is 0 Å². The van der Waals surface area contributed by atoms with Gasteiger partial charge in [0.2, 0.25) is 0 Å². The van der Waals surface area contributed by atoms with Crippen molar-refractivity contribution in [3.05, 3.63) is 0 Å². The molecule has 0 bridgehead atoms. The second-order valence-electron chi connectivity index (χ2n) is 4.80. The van der Waals surface area contributed by atoms with Crippen LogP contribution in [0.15, 0.2) is 0 Å². The first-order chi connectivity index (χ1) is 7.85. The Morgan fingerprint density at radius 3 is 2.12 bits per heavy atom. The number of rotatable bonds is 12. The molecule has 0 aromatic rings. The van der Waals surface area contributed by atoms with E-state index in [-0.39, 0.29) is 0 Å². The van der Waals surface area contributed by atoms with Crippen molar-refractivity contribution in [1.29, 1.82) is 0 Å². The molecule has 16 heavy (non-hydrogen) atoms. The number of unbranched alkanes of at least 4 members (excludes halogenated alkanes) is 6. The predicted molar refractivity (Wildman–Crippen MR) is 73.7 cm³/mol. The van der Waals surface area contributed by atoms with E-state index >= 15 is 0 Å². The third kappa shape index (κ3) is 10.4. The lowest BCUT2D eigenvalue weighted by Gasteiger charge is -2.16. The van der Waals surface area contributed by atoms with E-state index in [1.807, 2.05) is 0 Å². The first kappa shape index (κ1) is 15.9. The Kier molecular flexibility index (Phi) is 12.9. The molecule has 3 N–H and O–H groups in total. The average Bonchev–Trinajstić information content (AvgIpc) is 2.31. The van der Waals surface area contributed by atoms with E-state index in [9.17, 15) is 0 Å². The quantitative estimate of drug-likeness (QED) is 0.502. The molecule has 0 aliphatic rings. The molecule has 98 valence electrons. The smallest absolute Gasteiger partial charge is 0.0190 e. The maximum Gasteiger partial charge on any atom is 0.0190 e. The van der Waals surface area contributed by atoms with Crippen LogP contribution in [0.3, 0.4) is 0 Å². The Bertz CT molecular complexity index is 126. The summed E-state index contributed by atoms with van der Waals surface area (Å²) >= 11 is 0. The van der Waals surface area contributed by atoms with E-state index in [2.05, 4.69) is 19.2 Å². The van der Waals surface area contributed by atoms with Crippen molar-refractivity contribution < 1.29 is 0 Å². The van der Waals surface area contributed by atoms with Gasteiger partial charge in [0.15, 0.2) is 0 Å². The molecule has 1 atom stereocenters. The van der Waals surface area contributed by atoms with Gasteiger partial charge in [-0.25, -0.2) is 0 Å². The van der Waals surface area contributed by atoms with Gasteiger partial charge in [0.1, 0.15) is 0 Å². The lowest BCUT2D eigenvalue weighted by atomic mass is 10.1. The second kappa shape index (κ2) is 13.0. The molecule has 0 fully saturated rings.